The fraction of sp³-hybridized carbons (Fsp3) is 0.600. The molecule has 2 heterocycles. The number of hydrogen-bond acceptors (Lipinski definition) is 3. The van der Waals surface area contributed by atoms with Crippen molar-refractivity contribution >= 4 is 15.9 Å². The third kappa shape index (κ3) is 2.96. The molecule has 19 heavy (non-hydrogen) atoms. The maximum absolute atomic E-state index is 6.12. The summed E-state index contributed by atoms with van der Waals surface area (Å²) in [5, 5.41) is 0. The zero-order valence-electron chi connectivity index (χ0n) is 11.2. The number of hydrogen-bond donors (Lipinski definition) is 0. The Morgan fingerprint density at radius 3 is 3.00 bits per heavy atom. The molecule has 3 nitrogen and oxygen atoms in total. The minimum atomic E-state index is -0.0900. The van der Waals surface area contributed by atoms with E-state index in [-0.39, 0.29) is 11.7 Å². The van der Waals surface area contributed by atoms with Gasteiger partial charge in [-0.3, -0.25) is 0 Å². The second kappa shape index (κ2) is 5.43. The van der Waals surface area contributed by atoms with Crippen LogP contribution in [0.3, 0.4) is 0 Å². The van der Waals surface area contributed by atoms with Crippen molar-refractivity contribution in [3.05, 3.63) is 28.2 Å². The highest BCUT2D eigenvalue weighted by atomic mass is 79.9. The number of halogens is 1. The summed E-state index contributed by atoms with van der Waals surface area (Å²) in [7, 11) is 0. The maximum atomic E-state index is 6.12. The molecule has 4 heteroatoms. The molecule has 2 saturated heterocycles. The quantitative estimate of drug-likeness (QED) is 0.832. The van der Waals surface area contributed by atoms with Crippen molar-refractivity contribution in [3.63, 3.8) is 0 Å². The molecule has 0 saturated carbocycles. The Bertz CT molecular complexity index is 455. The lowest BCUT2D eigenvalue weighted by Gasteiger charge is -2.37. The molecule has 2 aliphatic rings. The normalized spacial score (nSPS) is 30.7. The van der Waals surface area contributed by atoms with E-state index in [1.54, 1.807) is 0 Å². The number of benzene rings is 1. The number of aryl methyl sites for hydroxylation is 1. The van der Waals surface area contributed by atoms with E-state index in [1.807, 2.05) is 12.1 Å². The van der Waals surface area contributed by atoms with Crippen LogP contribution >= 0.6 is 15.9 Å². The van der Waals surface area contributed by atoms with Crippen LogP contribution in [0.4, 0.5) is 0 Å². The van der Waals surface area contributed by atoms with Crippen LogP contribution in [0.15, 0.2) is 22.7 Å². The van der Waals surface area contributed by atoms with Crippen molar-refractivity contribution < 1.29 is 14.2 Å². The topological polar surface area (TPSA) is 27.7 Å². The van der Waals surface area contributed by atoms with Crippen LogP contribution in [-0.4, -0.2) is 31.5 Å². The van der Waals surface area contributed by atoms with Gasteiger partial charge in [-0.15, -0.1) is 0 Å². The molecule has 0 aromatic heterocycles. The Labute approximate surface area is 122 Å². The van der Waals surface area contributed by atoms with E-state index in [1.165, 1.54) is 5.56 Å². The van der Waals surface area contributed by atoms with Crippen molar-refractivity contribution in [2.24, 2.45) is 0 Å². The van der Waals surface area contributed by atoms with Crippen molar-refractivity contribution in [2.45, 2.75) is 37.9 Å². The third-order valence-corrected chi connectivity index (χ3v) is 4.84. The second-order valence-corrected chi connectivity index (χ2v) is 6.33. The molecule has 0 bridgehead atoms. The lowest BCUT2D eigenvalue weighted by Crippen LogP contribution is -2.44. The van der Waals surface area contributed by atoms with Crippen LogP contribution in [0.2, 0.25) is 0 Å². The molecule has 2 fully saturated rings. The monoisotopic (exact) mass is 326 g/mol. The van der Waals surface area contributed by atoms with Crippen LogP contribution in [-0.2, 0) is 9.47 Å². The van der Waals surface area contributed by atoms with Gasteiger partial charge in [-0.25, -0.2) is 0 Å². The molecule has 0 aliphatic carbocycles. The van der Waals surface area contributed by atoms with Gasteiger partial charge in [0, 0.05) is 30.3 Å². The fourth-order valence-corrected chi connectivity index (χ4v) is 3.08. The first kappa shape index (κ1) is 13.4. The van der Waals surface area contributed by atoms with E-state index < -0.39 is 0 Å². The average molecular weight is 327 g/mol. The Hall–Kier alpha value is -0.580. The summed E-state index contributed by atoms with van der Waals surface area (Å²) in [6.45, 7) is 4.37. The summed E-state index contributed by atoms with van der Waals surface area (Å²) in [6.07, 6.45) is 3.11. The van der Waals surface area contributed by atoms with Gasteiger partial charge in [0.05, 0.1) is 18.8 Å². The number of rotatable bonds is 2. The highest BCUT2D eigenvalue weighted by Crippen LogP contribution is 2.34. The van der Waals surface area contributed by atoms with Gasteiger partial charge in [-0.05, 0) is 30.7 Å². The van der Waals surface area contributed by atoms with Crippen LogP contribution in [0.25, 0.3) is 0 Å². The summed E-state index contributed by atoms with van der Waals surface area (Å²) < 4.78 is 18.6. The van der Waals surface area contributed by atoms with E-state index in [9.17, 15) is 0 Å². The van der Waals surface area contributed by atoms with Crippen molar-refractivity contribution in [3.8, 4) is 5.75 Å². The van der Waals surface area contributed by atoms with E-state index >= 15 is 0 Å². The highest BCUT2D eigenvalue weighted by Gasteiger charge is 2.41. The average Bonchev–Trinajstić information content (AvgIpc) is 2.82. The van der Waals surface area contributed by atoms with Gasteiger partial charge in [0.1, 0.15) is 11.9 Å². The second-order valence-electron chi connectivity index (χ2n) is 5.48. The molecule has 3 rings (SSSR count). The third-order valence-electron chi connectivity index (χ3n) is 3.95. The van der Waals surface area contributed by atoms with Gasteiger partial charge in [-0.2, -0.15) is 0 Å². The molecule has 2 aliphatic heterocycles. The molecule has 1 aromatic rings. The molecule has 1 spiro atoms. The first-order valence-electron chi connectivity index (χ1n) is 6.81. The van der Waals surface area contributed by atoms with E-state index in [0.29, 0.717) is 6.61 Å². The minimum absolute atomic E-state index is 0.0900. The molecule has 2 atom stereocenters. The zero-order chi connectivity index (χ0) is 13.3. The van der Waals surface area contributed by atoms with E-state index in [2.05, 4.69) is 28.9 Å². The highest BCUT2D eigenvalue weighted by molar-refractivity contribution is 9.10. The lowest BCUT2D eigenvalue weighted by atomic mass is 9.91. The summed E-state index contributed by atoms with van der Waals surface area (Å²) in [5.41, 5.74) is 1.11. The summed E-state index contributed by atoms with van der Waals surface area (Å²) in [4.78, 5) is 0. The maximum Gasteiger partial charge on any atom is 0.120 e. The summed E-state index contributed by atoms with van der Waals surface area (Å²) in [6, 6.07) is 6.14. The van der Waals surface area contributed by atoms with Gasteiger partial charge < -0.3 is 14.2 Å². The van der Waals surface area contributed by atoms with Gasteiger partial charge in [0.15, 0.2) is 0 Å². The summed E-state index contributed by atoms with van der Waals surface area (Å²) >= 11 is 3.51. The SMILES string of the molecule is Cc1cc(OC2CCOC3(CCOC3)C2)ccc1Br. The predicted molar refractivity (Wildman–Crippen MR) is 76.6 cm³/mol. The Morgan fingerprint density at radius 1 is 1.37 bits per heavy atom. The minimum Gasteiger partial charge on any atom is -0.490 e. The standard InChI is InChI=1S/C15H19BrO3/c1-11-8-12(2-3-14(11)16)19-13-4-6-18-15(9-13)5-7-17-10-15/h2-3,8,13H,4-7,9-10H2,1H3. The molecule has 104 valence electrons. The number of ether oxygens (including phenoxy) is 3. The molecule has 0 radical (unpaired) electrons. The zero-order valence-corrected chi connectivity index (χ0v) is 12.7. The van der Waals surface area contributed by atoms with Crippen LogP contribution < -0.4 is 4.74 Å². The predicted octanol–water partition coefficient (Wildman–Crippen LogP) is 3.47. The van der Waals surface area contributed by atoms with Crippen LogP contribution in [0.5, 0.6) is 5.75 Å². The molecule has 0 N–H and O–H groups in total. The van der Waals surface area contributed by atoms with Crippen molar-refractivity contribution in [1.29, 1.82) is 0 Å². The summed E-state index contributed by atoms with van der Waals surface area (Å²) in [5.74, 6) is 0.946. The molecular weight excluding hydrogens is 308 g/mol. The Balaban J connectivity index is 1.67. The Kier molecular flexibility index (Phi) is 3.83. The van der Waals surface area contributed by atoms with Crippen LogP contribution in [0.1, 0.15) is 24.8 Å². The van der Waals surface area contributed by atoms with Gasteiger partial charge >= 0.3 is 0 Å². The van der Waals surface area contributed by atoms with Crippen LogP contribution in [0, 0.1) is 6.92 Å². The van der Waals surface area contributed by atoms with E-state index in [4.69, 9.17) is 14.2 Å². The van der Waals surface area contributed by atoms with Gasteiger partial charge in [0.25, 0.3) is 0 Å². The molecule has 0 amide bonds. The first-order valence-corrected chi connectivity index (χ1v) is 7.61. The first-order chi connectivity index (χ1) is 9.17. The van der Waals surface area contributed by atoms with E-state index in [0.717, 1.165) is 42.7 Å². The molecule has 1 aromatic carbocycles. The Morgan fingerprint density at radius 2 is 2.26 bits per heavy atom. The smallest absolute Gasteiger partial charge is 0.120 e. The fourth-order valence-electron chi connectivity index (χ4n) is 2.83. The largest absolute Gasteiger partial charge is 0.490 e. The van der Waals surface area contributed by atoms with Crippen molar-refractivity contribution in [1.82, 2.24) is 0 Å². The lowest BCUT2D eigenvalue weighted by molar-refractivity contribution is -0.112. The van der Waals surface area contributed by atoms with Gasteiger partial charge in [-0.1, -0.05) is 15.9 Å². The van der Waals surface area contributed by atoms with Crippen molar-refractivity contribution in [2.75, 3.05) is 19.8 Å². The molecule has 2 unspecified atom stereocenters. The van der Waals surface area contributed by atoms with Gasteiger partial charge in [0.2, 0.25) is 0 Å². The molecular formula is C15H19BrO3.